The molecule has 82 valence electrons. The highest BCUT2D eigenvalue weighted by Crippen LogP contribution is 2.35. The number of hydrogen-bond donors (Lipinski definition) is 1. The van der Waals surface area contributed by atoms with Gasteiger partial charge in [0.2, 0.25) is 0 Å². The Morgan fingerprint density at radius 3 is 2.67 bits per heavy atom. The highest BCUT2D eigenvalue weighted by Gasteiger charge is 2.29. The second-order valence-electron chi connectivity index (χ2n) is 4.33. The van der Waals surface area contributed by atoms with Gasteiger partial charge in [-0.15, -0.1) is 0 Å². The maximum absolute atomic E-state index is 6.41. The lowest BCUT2D eigenvalue weighted by Gasteiger charge is -2.33. The normalized spacial score (nSPS) is 19.9. The zero-order valence-electron chi connectivity index (χ0n) is 9.20. The van der Waals surface area contributed by atoms with Gasteiger partial charge in [0, 0.05) is 11.7 Å². The second-order valence-corrected chi connectivity index (χ2v) is 4.33. The Labute approximate surface area is 90.7 Å². The first-order valence-electron chi connectivity index (χ1n) is 5.53. The van der Waals surface area contributed by atoms with E-state index in [4.69, 9.17) is 10.5 Å². The van der Waals surface area contributed by atoms with Crippen molar-refractivity contribution in [2.75, 3.05) is 7.11 Å². The highest BCUT2D eigenvalue weighted by molar-refractivity contribution is 5.29. The maximum atomic E-state index is 6.41. The van der Waals surface area contributed by atoms with Gasteiger partial charge in [0.05, 0.1) is 13.3 Å². The molecule has 2 rings (SSSR count). The van der Waals surface area contributed by atoms with E-state index in [0.29, 0.717) is 0 Å². The maximum Gasteiger partial charge on any atom is 0.137 e. The Kier molecular flexibility index (Phi) is 2.91. The average molecular weight is 206 g/mol. The van der Waals surface area contributed by atoms with Crippen molar-refractivity contribution in [3.63, 3.8) is 0 Å². The third-order valence-electron chi connectivity index (χ3n) is 3.27. The monoisotopic (exact) mass is 206 g/mol. The fourth-order valence-electron chi connectivity index (χ4n) is 2.27. The molecule has 0 aliphatic heterocycles. The van der Waals surface area contributed by atoms with E-state index >= 15 is 0 Å². The van der Waals surface area contributed by atoms with Gasteiger partial charge >= 0.3 is 0 Å². The molecule has 1 aromatic rings. The van der Waals surface area contributed by atoms with Gasteiger partial charge in [-0.2, -0.15) is 0 Å². The SMILES string of the molecule is COc1cncc(C2(N)CCCCC2)c1. The molecule has 1 fully saturated rings. The van der Waals surface area contributed by atoms with E-state index in [1.54, 1.807) is 13.3 Å². The number of methoxy groups -OCH3 is 1. The molecule has 0 bridgehead atoms. The van der Waals surface area contributed by atoms with Gasteiger partial charge < -0.3 is 10.5 Å². The number of pyridine rings is 1. The van der Waals surface area contributed by atoms with Gasteiger partial charge in [-0.3, -0.25) is 4.98 Å². The van der Waals surface area contributed by atoms with E-state index in [1.807, 2.05) is 12.3 Å². The van der Waals surface area contributed by atoms with Crippen molar-refractivity contribution in [2.45, 2.75) is 37.6 Å². The van der Waals surface area contributed by atoms with Crippen LogP contribution >= 0.6 is 0 Å². The third kappa shape index (κ3) is 2.12. The van der Waals surface area contributed by atoms with E-state index in [2.05, 4.69) is 4.98 Å². The number of aromatic nitrogens is 1. The molecule has 0 spiro atoms. The van der Waals surface area contributed by atoms with Crippen molar-refractivity contribution < 1.29 is 4.74 Å². The fraction of sp³-hybridized carbons (Fsp3) is 0.583. The minimum Gasteiger partial charge on any atom is -0.495 e. The summed E-state index contributed by atoms with van der Waals surface area (Å²) < 4.78 is 5.17. The molecular formula is C12H18N2O. The minimum atomic E-state index is -0.181. The van der Waals surface area contributed by atoms with Crippen LogP contribution in [0.5, 0.6) is 5.75 Å². The van der Waals surface area contributed by atoms with Crippen LogP contribution in [-0.2, 0) is 5.54 Å². The van der Waals surface area contributed by atoms with Crippen LogP contribution in [0, 0.1) is 0 Å². The van der Waals surface area contributed by atoms with Gasteiger partial charge in [-0.05, 0) is 24.5 Å². The third-order valence-corrected chi connectivity index (χ3v) is 3.27. The van der Waals surface area contributed by atoms with E-state index in [9.17, 15) is 0 Å². The van der Waals surface area contributed by atoms with Crippen LogP contribution in [-0.4, -0.2) is 12.1 Å². The molecule has 0 atom stereocenters. The second kappa shape index (κ2) is 4.19. The molecule has 1 heterocycles. The van der Waals surface area contributed by atoms with Crippen LogP contribution in [0.3, 0.4) is 0 Å². The molecular weight excluding hydrogens is 188 g/mol. The summed E-state index contributed by atoms with van der Waals surface area (Å²) in [6.45, 7) is 0. The summed E-state index contributed by atoms with van der Waals surface area (Å²) in [5.74, 6) is 0.794. The molecule has 3 heteroatoms. The van der Waals surface area contributed by atoms with Crippen molar-refractivity contribution in [1.29, 1.82) is 0 Å². The molecule has 3 nitrogen and oxygen atoms in total. The largest absolute Gasteiger partial charge is 0.495 e. The minimum absolute atomic E-state index is 0.181. The molecule has 0 radical (unpaired) electrons. The summed E-state index contributed by atoms with van der Waals surface area (Å²) in [5, 5.41) is 0. The predicted molar refractivity (Wildman–Crippen MR) is 59.7 cm³/mol. The number of rotatable bonds is 2. The van der Waals surface area contributed by atoms with Crippen molar-refractivity contribution in [3.05, 3.63) is 24.0 Å². The lowest BCUT2D eigenvalue weighted by atomic mass is 9.78. The van der Waals surface area contributed by atoms with Crippen molar-refractivity contribution >= 4 is 0 Å². The van der Waals surface area contributed by atoms with E-state index < -0.39 is 0 Å². The first-order chi connectivity index (χ1) is 7.24. The summed E-state index contributed by atoms with van der Waals surface area (Å²) in [7, 11) is 1.66. The van der Waals surface area contributed by atoms with Crippen molar-refractivity contribution in [1.82, 2.24) is 4.98 Å². The van der Waals surface area contributed by atoms with Gasteiger partial charge in [0.1, 0.15) is 5.75 Å². The topological polar surface area (TPSA) is 48.1 Å². The van der Waals surface area contributed by atoms with Crippen molar-refractivity contribution in [2.24, 2.45) is 5.73 Å². The molecule has 0 unspecified atom stereocenters. The van der Waals surface area contributed by atoms with Crippen LogP contribution in [0.4, 0.5) is 0 Å². The molecule has 0 amide bonds. The Morgan fingerprint density at radius 2 is 2.00 bits per heavy atom. The summed E-state index contributed by atoms with van der Waals surface area (Å²) in [5.41, 5.74) is 7.34. The molecule has 1 aliphatic carbocycles. The summed E-state index contributed by atoms with van der Waals surface area (Å²) in [6.07, 6.45) is 9.44. The molecule has 1 aromatic heterocycles. The molecule has 1 saturated carbocycles. The van der Waals surface area contributed by atoms with Crippen LogP contribution in [0.15, 0.2) is 18.5 Å². The summed E-state index contributed by atoms with van der Waals surface area (Å²) in [6, 6.07) is 2.01. The average Bonchev–Trinajstić information content (AvgIpc) is 2.30. The smallest absolute Gasteiger partial charge is 0.137 e. The number of hydrogen-bond acceptors (Lipinski definition) is 3. The van der Waals surface area contributed by atoms with Crippen LogP contribution in [0.1, 0.15) is 37.7 Å². The van der Waals surface area contributed by atoms with Crippen LogP contribution in [0.2, 0.25) is 0 Å². The van der Waals surface area contributed by atoms with Gasteiger partial charge in [0.25, 0.3) is 0 Å². The van der Waals surface area contributed by atoms with Gasteiger partial charge in [-0.25, -0.2) is 0 Å². The Hall–Kier alpha value is -1.09. The molecule has 0 saturated heterocycles. The zero-order chi connectivity index (χ0) is 10.7. The molecule has 0 aromatic carbocycles. The lowest BCUT2D eigenvalue weighted by molar-refractivity contribution is 0.300. The predicted octanol–water partition coefficient (Wildman–Crippen LogP) is 2.21. The highest BCUT2D eigenvalue weighted by atomic mass is 16.5. The van der Waals surface area contributed by atoms with Crippen LogP contribution in [0.25, 0.3) is 0 Å². The number of nitrogens with zero attached hydrogens (tertiary/aromatic N) is 1. The van der Waals surface area contributed by atoms with Crippen LogP contribution < -0.4 is 10.5 Å². The quantitative estimate of drug-likeness (QED) is 0.807. The standard InChI is InChI=1S/C12H18N2O/c1-15-11-7-10(8-14-9-11)12(13)5-3-2-4-6-12/h7-9H,2-6,13H2,1H3. The molecule has 15 heavy (non-hydrogen) atoms. The van der Waals surface area contributed by atoms with Crippen molar-refractivity contribution in [3.8, 4) is 5.75 Å². The number of ether oxygens (including phenoxy) is 1. The first-order valence-corrected chi connectivity index (χ1v) is 5.53. The van der Waals surface area contributed by atoms with Gasteiger partial charge in [-0.1, -0.05) is 19.3 Å². The Morgan fingerprint density at radius 1 is 1.27 bits per heavy atom. The fourth-order valence-corrected chi connectivity index (χ4v) is 2.27. The van der Waals surface area contributed by atoms with E-state index in [0.717, 1.165) is 24.2 Å². The Balaban J connectivity index is 2.26. The Bertz CT molecular complexity index is 332. The van der Waals surface area contributed by atoms with E-state index in [-0.39, 0.29) is 5.54 Å². The lowest BCUT2D eigenvalue weighted by Crippen LogP contribution is -2.38. The molecule has 1 aliphatic rings. The summed E-state index contributed by atoms with van der Waals surface area (Å²) >= 11 is 0. The van der Waals surface area contributed by atoms with Gasteiger partial charge in [0.15, 0.2) is 0 Å². The zero-order valence-corrected chi connectivity index (χ0v) is 9.20. The number of nitrogens with two attached hydrogens (primary N) is 1. The summed E-state index contributed by atoms with van der Waals surface area (Å²) in [4.78, 5) is 4.17. The first kappa shape index (κ1) is 10.4. The van der Waals surface area contributed by atoms with E-state index in [1.165, 1.54) is 19.3 Å². The molecule has 2 N–H and O–H groups in total.